The number of morpholine rings is 2. The average molecular weight is 662 g/mol. The van der Waals surface area contributed by atoms with Gasteiger partial charge in [0.15, 0.2) is 18.5 Å². The van der Waals surface area contributed by atoms with Crippen molar-refractivity contribution >= 4 is 35.2 Å². The van der Waals surface area contributed by atoms with Crippen LogP contribution in [-0.2, 0) is 31.0 Å². The molecule has 2 aromatic rings. The molecule has 2 N–H and O–H groups in total. The third-order valence-electron chi connectivity index (χ3n) is 8.92. The molecule has 2 aromatic heterocycles. The molecule has 256 valence electrons. The van der Waals surface area contributed by atoms with Crippen molar-refractivity contribution in [2.75, 3.05) is 48.0 Å². The quantitative estimate of drug-likeness (QED) is 0.338. The van der Waals surface area contributed by atoms with Gasteiger partial charge in [-0.05, 0) is 60.8 Å². The maximum atomic E-state index is 14.0. The molecule has 0 aromatic carbocycles. The first-order valence-electron chi connectivity index (χ1n) is 15.9. The number of anilines is 4. The van der Waals surface area contributed by atoms with Gasteiger partial charge >= 0.3 is 6.18 Å². The van der Waals surface area contributed by atoms with Crippen LogP contribution in [0.15, 0.2) is 12.4 Å². The van der Waals surface area contributed by atoms with Gasteiger partial charge in [0.05, 0.1) is 53.5 Å². The van der Waals surface area contributed by atoms with Crippen molar-refractivity contribution in [1.29, 1.82) is 5.41 Å². The predicted octanol–water partition coefficient (Wildman–Crippen LogP) is 4.30. The van der Waals surface area contributed by atoms with Gasteiger partial charge in [-0.3, -0.25) is 15.1 Å². The molecule has 0 spiro atoms. The second-order valence-electron chi connectivity index (χ2n) is 14.4. The number of halogens is 3. The van der Waals surface area contributed by atoms with Crippen LogP contribution < -0.4 is 15.1 Å². The largest absolute Gasteiger partial charge is 0.457 e. The second kappa shape index (κ2) is 11.7. The lowest BCUT2D eigenvalue weighted by Gasteiger charge is -2.47. The Kier molecular flexibility index (Phi) is 8.26. The van der Waals surface area contributed by atoms with E-state index in [2.05, 4.69) is 30.2 Å². The van der Waals surface area contributed by atoms with Crippen LogP contribution in [0.4, 0.5) is 36.4 Å². The van der Waals surface area contributed by atoms with Crippen molar-refractivity contribution in [2.24, 2.45) is 0 Å². The van der Waals surface area contributed by atoms with Gasteiger partial charge in [0.2, 0.25) is 11.9 Å². The minimum absolute atomic E-state index is 0.0389. The number of hydrogen-bond donors (Lipinski definition) is 2. The number of amidine groups is 1. The molecule has 47 heavy (non-hydrogen) atoms. The average Bonchev–Trinajstić information content (AvgIpc) is 3.16. The highest BCUT2D eigenvalue weighted by atomic mass is 19.4. The molecule has 1 atom stereocenters. The Labute approximate surface area is 271 Å². The monoisotopic (exact) mass is 661 g/mol. The standard InChI is InChI=1S/C31H42F3N9O4/c1-28(2)16-41(17-29(3,4)47-28)27-36-12-19(13-37-27)43-24-22(30(5,6)25(43)44)23(38-18-8-7-9-18)39-21(40-24)15-46-26(35)42-10-11-45-14-20(42)31(32,33)34/h12-13,18,20,35H,7-11,14-17H2,1-6H3,(H,38,39,40)/t20-/m0/s1. The van der Waals surface area contributed by atoms with Gasteiger partial charge < -0.3 is 29.3 Å². The minimum atomic E-state index is -4.60. The van der Waals surface area contributed by atoms with Gasteiger partial charge in [0.1, 0.15) is 11.6 Å². The fourth-order valence-electron chi connectivity index (χ4n) is 6.72. The summed E-state index contributed by atoms with van der Waals surface area (Å²) in [4.78, 5) is 37.0. The van der Waals surface area contributed by atoms with Gasteiger partial charge in [0.25, 0.3) is 6.02 Å². The maximum Gasteiger partial charge on any atom is 0.411 e. The number of carbonyl (C=O) groups excluding carboxylic acids is 1. The molecule has 1 saturated carbocycles. The van der Waals surface area contributed by atoms with Crippen LogP contribution in [0.2, 0.25) is 0 Å². The first-order valence-corrected chi connectivity index (χ1v) is 15.9. The van der Waals surface area contributed by atoms with Gasteiger partial charge in [0, 0.05) is 25.7 Å². The third-order valence-corrected chi connectivity index (χ3v) is 8.92. The van der Waals surface area contributed by atoms with Crippen LogP contribution in [0.3, 0.4) is 0 Å². The summed E-state index contributed by atoms with van der Waals surface area (Å²) in [6.45, 7) is 11.8. The van der Waals surface area contributed by atoms with E-state index >= 15 is 0 Å². The van der Waals surface area contributed by atoms with E-state index in [9.17, 15) is 18.0 Å². The number of nitrogens with one attached hydrogen (secondary N) is 2. The Morgan fingerprint density at radius 3 is 2.34 bits per heavy atom. The Hall–Kier alpha value is -3.79. The molecule has 3 fully saturated rings. The highest BCUT2D eigenvalue weighted by Crippen LogP contribution is 2.47. The van der Waals surface area contributed by atoms with Crippen LogP contribution in [0.1, 0.15) is 72.2 Å². The molecule has 6 rings (SSSR count). The van der Waals surface area contributed by atoms with E-state index < -0.39 is 41.5 Å². The summed E-state index contributed by atoms with van der Waals surface area (Å²) in [6.07, 6.45) is 1.51. The van der Waals surface area contributed by atoms with Crippen molar-refractivity contribution in [1.82, 2.24) is 24.8 Å². The lowest BCUT2D eigenvalue weighted by Crippen LogP contribution is -2.57. The Morgan fingerprint density at radius 2 is 1.74 bits per heavy atom. The Morgan fingerprint density at radius 1 is 1.09 bits per heavy atom. The normalized spacial score (nSPS) is 23.7. The number of alkyl halides is 3. The number of ether oxygens (including phenoxy) is 3. The van der Waals surface area contributed by atoms with Gasteiger partial charge in [-0.15, -0.1) is 0 Å². The fraction of sp³-hybridized carbons (Fsp3) is 0.677. The van der Waals surface area contributed by atoms with Gasteiger partial charge in [-0.2, -0.15) is 13.2 Å². The zero-order valence-corrected chi connectivity index (χ0v) is 27.6. The molecule has 5 heterocycles. The molecular weight excluding hydrogens is 619 g/mol. The van der Waals surface area contributed by atoms with Crippen LogP contribution in [0, 0.1) is 5.41 Å². The molecule has 4 aliphatic rings. The van der Waals surface area contributed by atoms with Crippen LogP contribution >= 0.6 is 0 Å². The van der Waals surface area contributed by atoms with Crippen molar-refractivity contribution in [3.05, 3.63) is 23.8 Å². The predicted molar refractivity (Wildman–Crippen MR) is 167 cm³/mol. The SMILES string of the molecule is CC1(C)CN(c2ncc(N3C(=O)C(C)(C)c4c(NC5CCC5)nc(COC(=N)N5CCOC[C@H]5C(F)(F)F)nc43)cn2)CC(C)(C)O1. The molecule has 0 bridgehead atoms. The van der Waals surface area contributed by atoms with Gasteiger partial charge in [-0.25, -0.2) is 19.9 Å². The lowest BCUT2D eigenvalue weighted by atomic mass is 9.86. The van der Waals surface area contributed by atoms with E-state index in [0.717, 1.165) is 24.2 Å². The van der Waals surface area contributed by atoms with Crippen LogP contribution in [0.5, 0.6) is 0 Å². The molecule has 3 aliphatic heterocycles. The number of amides is 1. The highest BCUT2D eigenvalue weighted by molar-refractivity contribution is 6.12. The van der Waals surface area contributed by atoms with Crippen LogP contribution in [0.25, 0.3) is 0 Å². The third kappa shape index (κ3) is 6.53. The fourth-order valence-corrected chi connectivity index (χ4v) is 6.72. The number of aromatic nitrogens is 4. The number of rotatable bonds is 6. The van der Waals surface area contributed by atoms with E-state index in [1.165, 1.54) is 4.90 Å². The van der Waals surface area contributed by atoms with E-state index in [4.69, 9.17) is 19.6 Å². The molecular formula is C31H42F3N9O4. The molecule has 1 aliphatic carbocycles. The maximum absolute atomic E-state index is 14.0. The summed E-state index contributed by atoms with van der Waals surface area (Å²) in [5.74, 6) is 1.13. The zero-order chi connectivity index (χ0) is 33.9. The topological polar surface area (TPSA) is 142 Å². The molecule has 0 unspecified atom stereocenters. The summed E-state index contributed by atoms with van der Waals surface area (Å²) in [5.41, 5.74) is -0.838. The van der Waals surface area contributed by atoms with E-state index in [1.54, 1.807) is 26.2 Å². The molecule has 16 heteroatoms. The lowest BCUT2D eigenvalue weighted by molar-refractivity contribution is -0.202. The number of nitrogens with zero attached hydrogens (tertiary/aromatic N) is 7. The van der Waals surface area contributed by atoms with E-state index in [0.29, 0.717) is 41.9 Å². The number of fused-ring (bicyclic) bond motifs is 1. The second-order valence-corrected chi connectivity index (χ2v) is 14.4. The van der Waals surface area contributed by atoms with Crippen molar-refractivity contribution in [3.63, 3.8) is 0 Å². The molecule has 2 saturated heterocycles. The van der Waals surface area contributed by atoms with Crippen molar-refractivity contribution in [3.8, 4) is 0 Å². The summed E-state index contributed by atoms with van der Waals surface area (Å²) in [5, 5.41) is 11.8. The first kappa shape index (κ1) is 33.1. The Balaban J connectivity index is 1.30. The van der Waals surface area contributed by atoms with E-state index in [1.807, 2.05) is 27.7 Å². The summed E-state index contributed by atoms with van der Waals surface area (Å²) < 4.78 is 57.6. The van der Waals surface area contributed by atoms with Crippen LogP contribution in [-0.4, -0.2) is 99.1 Å². The number of hydrogen-bond acceptors (Lipinski definition) is 11. The summed E-state index contributed by atoms with van der Waals surface area (Å²) >= 11 is 0. The molecule has 0 radical (unpaired) electrons. The summed E-state index contributed by atoms with van der Waals surface area (Å²) in [7, 11) is 0. The van der Waals surface area contributed by atoms with Crippen molar-refractivity contribution < 1.29 is 32.2 Å². The summed E-state index contributed by atoms with van der Waals surface area (Å²) in [6, 6.07) is -2.49. The highest BCUT2D eigenvalue weighted by Gasteiger charge is 2.50. The zero-order valence-electron chi connectivity index (χ0n) is 27.6. The first-order chi connectivity index (χ1) is 22.0. The van der Waals surface area contributed by atoms with E-state index in [-0.39, 0.29) is 37.5 Å². The molecule has 1 amide bonds. The minimum Gasteiger partial charge on any atom is -0.457 e. The molecule has 13 nitrogen and oxygen atoms in total. The smallest absolute Gasteiger partial charge is 0.411 e. The number of carbonyl (C=O) groups is 1. The van der Waals surface area contributed by atoms with Crippen molar-refractivity contribution in [2.45, 2.75) is 102 Å². The Bertz CT molecular complexity index is 1510. The van der Waals surface area contributed by atoms with Gasteiger partial charge in [-0.1, -0.05) is 0 Å².